The Morgan fingerprint density at radius 1 is 1.19 bits per heavy atom. The van der Waals surface area contributed by atoms with Crippen molar-refractivity contribution in [1.82, 2.24) is 9.78 Å². The summed E-state index contributed by atoms with van der Waals surface area (Å²) >= 11 is 1.81. The topological polar surface area (TPSA) is 84.2 Å². The van der Waals surface area contributed by atoms with Gasteiger partial charge in [-0.1, -0.05) is 0 Å². The number of amides is 1. The van der Waals surface area contributed by atoms with E-state index in [-0.39, 0.29) is 17.5 Å². The van der Waals surface area contributed by atoms with Crippen molar-refractivity contribution in [2.45, 2.75) is 19.0 Å². The highest BCUT2D eigenvalue weighted by atomic mass is 32.2. The fourth-order valence-corrected chi connectivity index (χ4v) is 3.97. The summed E-state index contributed by atoms with van der Waals surface area (Å²) in [5.74, 6) is -0.00774. The number of aromatic nitrogens is 2. The first-order valence-electron chi connectivity index (χ1n) is 8.15. The normalized spacial score (nSPS) is 15.5. The molecular formula is C17H16F3N3O3S. The SMILES string of the molecule is O=C(O)c1cnn(-c2ccc(NC(=O)C3CCSCC3)cc2)c1C(F)(F)F. The van der Waals surface area contributed by atoms with Crippen molar-refractivity contribution in [1.29, 1.82) is 0 Å². The predicted octanol–water partition coefficient (Wildman–Crippen LogP) is 3.67. The number of carboxylic acids is 1. The number of alkyl halides is 3. The maximum atomic E-state index is 13.3. The van der Waals surface area contributed by atoms with Crippen LogP contribution in [-0.4, -0.2) is 38.3 Å². The van der Waals surface area contributed by atoms with E-state index < -0.39 is 23.4 Å². The summed E-state index contributed by atoms with van der Waals surface area (Å²) < 4.78 is 40.3. The first kappa shape index (κ1) is 19.3. The van der Waals surface area contributed by atoms with Crippen LogP contribution in [0.4, 0.5) is 18.9 Å². The minimum Gasteiger partial charge on any atom is -0.478 e. The monoisotopic (exact) mass is 399 g/mol. The van der Waals surface area contributed by atoms with Crippen LogP contribution in [0, 0.1) is 5.92 Å². The van der Waals surface area contributed by atoms with E-state index in [0.717, 1.165) is 24.3 Å². The summed E-state index contributed by atoms with van der Waals surface area (Å²) in [5, 5.41) is 15.3. The molecule has 0 bridgehead atoms. The number of carboxylic acid groups (broad SMARTS) is 1. The highest BCUT2D eigenvalue weighted by molar-refractivity contribution is 7.99. The molecule has 6 nitrogen and oxygen atoms in total. The first-order chi connectivity index (χ1) is 12.8. The number of carbonyl (C=O) groups excluding carboxylic acids is 1. The average Bonchev–Trinajstić information content (AvgIpc) is 3.09. The molecule has 1 amide bonds. The van der Waals surface area contributed by atoms with Gasteiger partial charge >= 0.3 is 12.1 Å². The molecule has 1 aliphatic rings. The van der Waals surface area contributed by atoms with Gasteiger partial charge in [0.15, 0.2) is 5.69 Å². The molecule has 0 atom stereocenters. The van der Waals surface area contributed by atoms with E-state index in [9.17, 15) is 22.8 Å². The molecule has 0 spiro atoms. The van der Waals surface area contributed by atoms with Crippen LogP contribution < -0.4 is 5.32 Å². The van der Waals surface area contributed by atoms with Crippen LogP contribution in [0.3, 0.4) is 0 Å². The maximum Gasteiger partial charge on any atom is 0.434 e. The number of rotatable bonds is 4. The lowest BCUT2D eigenvalue weighted by Crippen LogP contribution is -2.26. The van der Waals surface area contributed by atoms with Gasteiger partial charge in [-0.15, -0.1) is 0 Å². The molecular weight excluding hydrogens is 383 g/mol. The quantitative estimate of drug-likeness (QED) is 0.820. The van der Waals surface area contributed by atoms with Gasteiger partial charge < -0.3 is 10.4 Å². The summed E-state index contributed by atoms with van der Waals surface area (Å²) in [7, 11) is 0. The van der Waals surface area contributed by atoms with Gasteiger partial charge in [-0.2, -0.15) is 30.0 Å². The molecule has 3 rings (SSSR count). The molecule has 2 aromatic rings. The second-order valence-corrected chi connectivity index (χ2v) is 7.27. The maximum absolute atomic E-state index is 13.3. The number of benzene rings is 1. The molecule has 1 aromatic carbocycles. The van der Waals surface area contributed by atoms with Crippen molar-refractivity contribution in [2.24, 2.45) is 5.92 Å². The molecule has 0 unspecified atom stereocenters. The molecule has 1 saturated heterocycles. The van der Waals surface area contributed by atoms with Crippen LogP contribution in [0.25, 0.3) is 5.69 Å². The van der Waals surface area contributed by atoms with Crippen molar-refractivity contribution < 1.29 is 27.9 Å². The highest BCUT2D eigenvalue weighted by Crippen LogP contribution is 2.34. The molecule has 0 aliphatic carbocycles. The summed E-state index contributed by atoms with van der Waals surface area (Å²) in [6.07, 6.45) is -2.61. The number of thioether (sulfide) groups is 1. The van der Waals surface area contributed by atoms with Crippen molar-refractivity contribution in [3.63, 3.8) is 0 Å². The third kappa shape index (κ3) is 4.26. The van der Waals surface area contributed by atoms with Crippen LogP contribution in [0.5, 0.6) is 0 Å². The van der Waals surface area contributed by atoms with Gasteiger partial charge in [0.05, 0.1) is 11.9 Å². The Morgan fingerprint density at radius 2 is 1.81 bits per heavy atom. The number of hydrogen-bond donors (Lipinski definition) is 2. The number of carbonyl (C=O) groups is 2. The molecule has 0 saturated carbocycles. The van der Waals surface area contributed by atoms with Gasteiger partial charge in [0.2, 0.25) is 5.91 Å². The Labute approximate surface area is 156 Å². The molecule has 0 radical (unpaired) electrons. The third-order valence-corrected chi connectivity index (χ3v) is 5.29. The van der Waals surface area contributed by atoms with Gasteiger partial charge in [-0.05, 0) is 48.6 Å². The second-order valence-electron chi connectivity index (χ2n) is 6.04. The van der Waals surface area contributed by atoms with E-state index in [1.807, 2.05) is 0 Å². The Morgan fingerprint density at radius 3 is 2.37 bits per heavy atom. The zero-order valence-electron chi connectivity index (χ0n) is 14.0. The molecule has 144 valence electrons. The number of halogens is 3. The Hall–Kier alpha value is -2.49. The van der Waals surface area contributed by atoms with Gasteiger partial charge in [0, 0.05) is 11.6 Å². The van der Waals surface area contributed by atoms with Crippen molar-refractivity contribution >= 4 is 29.3 Å². The fourth-order valence-electron chi connectivity index (χ4n) is 2.86. The van der Waals surface area contributed by atoms with Crippen molar-refractivity contribution in [3.05, 3.63) is 41.7 Å². The van der Waals surface area contributed by atoms with E-state index in [1.54, 1.807) is 11.8 Å². The molecule has 2 heterocycles. The summed E-state index contributed by atoms with van der Waals surface area (Å²) in [6.45, 7) is 0. The molecule has 27 heavy (non-hydrogen) atoms. The fraction of sp³-hybridized carbons (Fsp3) is 0.353. The predicted molar refractivity (Wildman–Crippen MR) is 94.2 cm³/mol. The average molecular weight is 399 g/mol. The highest BCUT2D eigenvalue weighted by Gasteiger charge is 2.40. The second kappa shape index (κ2) is 7.63. The Bertz CT molecular complexity index is 843. The lowest BCUT2D eigenvalue weighted by Gasteiger charge is -2.20. The lowest BCUT2D eigenvalue weighted by atomic mass is 10.0. The van der Waals surface area contributed by atoms with E-state index in [4.69, 9.17) is 5.11 Å². The van der Waals surface area contributed by atoms with Gasteiger partial charge in [0.25, 0.3) is 0 Å². The van der Waals surface area contributed by atoms with Gasteiger partial charge in [0.1, 0.15) is 5.56 Å². The zero-order valence-corrected chi connectivity index (χ0v) is 14.8. The Kier molecular flexibility index (Phi) is 5.45. The number of anilines is 1. The number of aromatic carboxylic acids is 1. The first-order valence-corrected chi connectivity index (χ1v) is 9.30. The third-order valence-electron chi connectivity index (χ3n) is 4.24. The lowest BCUT2D eigenvalue weighted by molar-refractivity contribution is -0.143. The molecule has 10 heteroatoms. The van der Waals surface area contributed by atoms with E-state index in [0.29, 0.717) is 16.6 Å². The van der Waals surface area contributed by atoms with Crippen LogP contribution in [0.1, 0.15) is 28.9 Å². The standard InChI is InChI=1S/C17H16F3N3O3S/c18-17(19,20)14-13(16(25)26)9-21-23(14)12-3-1-11(2-4-12)22-15(24)10-5-7-27-8-6-10/h1-4,9-10H,5-8H2,(H,22,24)(H,25,26). The number of hydrogen-bond acceptors (Lipinski definition) is 4. The van der Waals surface area contributed by atoms with Crippen LogP contribution >= 0.6 is 11.8 Å². The van der Waals surface area contributed by atoms with E-state index in [2.05, 4.69) is 10.4 Å². The summed E-state index contributed by atoms with van der Waals surface area (Å²) in [4.78, 5) is 23.3. The van der Waals surface area contributed by atoms with Crippen LogP contribution in [-0.2, 0) is 11.0 Å². The summed E-state index contributed by atoms with van der Waals surface area (Å²) in [6, 6.07) is 5.63. The smallest absolute Gasteiger partial charge is 0.434 e. The summed E-state index contributed by atoms with van der Waals surface area (Å²) in [5.41, 5.74) is -1.77. The molecule has 1 aromatic heterocycles. The molecule has 2 N–H and O–H groups in total. The van der Waals surface area contributed by atoms with Crippen molar-refractivity contribution in [2.75, 3.05) is 16.8 Å². The van der Waals surface area contributed by atoms with Crippen molar-refractivity contribution in [3.8, 4) is 5.69 Å². The van der Waals surface area contributed by atoms with E-state index >= 15 is 0 Å². The molecule has 1 aliphatic heterocycles. The number of nitrogens with one attached hydrogen (secondary N) is 1. The van der Waals surface area contributed by atoms with Crippen LogP contribution in [0.15, 0.2) is 30.5 Å². The largest absolute Gasteiger partial charge is 0.478 e. The zero-order chi connectivity index (χ0) is 19.6. The molecule has 1 fully saturated rings. The Balaban J connectivity index is 1.81. The van der Waals surface area contributed by atoms with E-state index in [1.165, 1.54) is 24.3 Å². The van der Waals surface area contributed by atoms with Gasteiger partial charge in [-0.25, -0.2) is 9.48 Å². The number of nitrogens with zero attached hydrogens (tertiary/aromatic N) is 2. The minimum atomic E-state index is -4.88. The minimum absolute atomic E-state index is 0.0434. The van der Waals surface area contributed by atoms with Gasteiger partial charge in [-0.3, -0.25) is 4.79 Å². The van der Waals surface area contributed by atoms with Crippen LogP contribution in [0.2, 0.25) is 0 Å².